The van der Waals surface area contributed by atoms with Crippen molar-refractivity contribution in [1.29, 1.82) is 0 Å². The molecule has 0 aromatic carbocycles. The molecular formula is C15H17N5S. The first-order valence-electron chi connectivity index (χ1n) is 7.27. The SMILES string of the molecule is Cc1nnc2sc3c(N4CC[C@H](C)C4)ncnc3c2c1C. The molecule has 108 valence electrons. The number of hydrogen-bond acceptors (Lipinski definition) is 6. The van der Waals surface area contributed by atoms with Gasteiger partial charge in [-0.15, -0.1) is 16.4 Å². The van der Waals surface area contributed by atoms with Gasteiger partial charge >= 0.3 is 0 Å². The van der Waals surface area contributed by atoms with E-state index in [1.54, 1.807) is 17.7 Å². The van der Waals surface area contributed by atoms with Gasteiger partial charge in [0, 0.05) is 18.5 Å². The third-order valence-corrected chi connectivity index (χ3v) is 5.43. The fraction of sp³-hybridized carbons (Fsp3) is 0.467. The van der Waals surface area contributed by atoms with Crippen LogP contribution in [0.2, 0.25) is 0 Å². The zero-order valence-corrected chi connectivity index (χ0v) is 13.2. The topological polar surface area (TPSA) is 54.8 Å². The third kappa shape index (κ3) is 1.89. The van der Waals surface area contributed by atoms with Crippen molar-refractivity contribution in [2.75, 3.05) is 18.0 Å². The number of nitrogens with zero attached hydrogens (tertiary/aromatic N) is 5. The minimum absolute atomic E-state index is 0.730. The molecule has 21 heavy (non-hydrogen) atoms. The number of aryl methyl sites for hydroxylation is 2. The first kappa shape index (κ1) is 12.9. The van der Waals surface area contributed by atoms with Crippen molar-refractivity contribution in [1.82, 2.24) is 20.2 Å². The molecule has 1 aliphatic rings. The highest BCUT2D eigenvalue weighted by Gasteiger charge is 2.24. The van der Waals surface area contributed by atoms with Gasteiger partial charge in [0.25, 0.3) is 0 Å². The normalized spacial score (nSPS) is 19.0. The van der Waals surface area contributed by atoms with Crippen LogP contribution in [-0.4, -0.2) is 33.3 Å². The molecule has 3 aromatic heterocycles. The molecule has 3 aromatic rings. The Bertz CT molecular complexity index is 841. The maximum Gasteiger partial charge on any atom is 0.150 e. The number of fused-ring (bicyclic) bond motifs is 3. The number of thiophene rings is 1. The molecule has 0 N–H and O–H groups in total. The van der Waals surface area contributed by atoms with E-state index in [4.69, 9.17) is 0 Å². The first-order valence-corrected chi connectivity index (χ1v) is 8.09. The van der Waals surface area contributed by atoms with E-state index in [1.165, 1.54) is 12.0 Å². The summed E-state index contributed by atoms with van der Waals surface area (Å²) in [5.41, 5.74) is 3.16. The largest absolute Gasteiger partial charge is 0.355 e. The van der Waals surface area contributed by atoms with Gasteiger partial charge in [-0.2, -0.15) is 5.10 Å². The summed E-state index contributed by atoms with van der Waals surface area (Å²) >= 11 is 1.66. The van der Waals surface area contributed by atoms with Crippen LogP contribution in [-0.2, 0) is 0 Å². The van der Waals surface area contributed by atoms with Crippen LogP contribution in [0.15, 0.2) is 6.33 Å². The van der Waals surface area contributed by atoms with Crippen LogP contribution < -0.4 is 4.90 Å². The van der Waals surface area contributed by atoms with Crippen molar-refractivity contribution < 1.29 is 0 Å². The van der Waals surface area contributed by atoms with Crippen LogP contribution in [0.1, 0.15) is 24.6 Å². The van der Waals surface area contributed by atoms with Gasteiger partial charge in [0.05, 0.1) is 15.9 Å². The Morgan fingerprint density at radius 3 is 2.86 bits per heavy atom. The summed E-state index contributed by atoms with van der Waals surface area (Å²) in [6.45, 7) is 8.53. The molecule has 1 saturated heterocycles. The molecule has 0 bridgehead atoms. The van der Waals surface area contributed by atoms with Gasteiger partial charge in [0.2, 0.25) is 0 Å². The average molecular weight is 299 g/mol. The second-order valence-electron chi connectivity index (χ2n) is 5.91. The molecule has 1 aliphatic heterocycles. The van der Waals surface area contributed by atoms with Crippen LogP contribution in [0.3, 0.4) is 0 Å². The summed E-state index contributed by atoms with van der Waals surface area (Å²) in [6.07, 6.45) is 2.91. The van der Waals surface area contributed by atoms with Crippen LogP contribution in [0.4, 0.5) is 5.82 Å². The Balaban J connectivity index is 2.00. The minimum atomic E-state index is 0.730. The maximum absolute atomic E-state index is 4.55. The van der Waals surface area contributed by atoms with Gasteiger partial charge in [-0.3, -0.25) is 0 Å². The van der Waals surface area contributed by atoms with Crippen molar-refractivity contribution in [3.8, 4) is 0 Å². The Morgan fingerprint density at radius 1 is 1.24 bits per heavy atom. The zero-order valence-electron chi connectivity index (χ0n) is 12.4. The van der Waals surface area contributed by atoms with Crippen molar-refractivity contribution in [2.45, 2.75) is 27.2 Å². The van der Waals surface area contributed by atoms with E-state index in [0.717, 1.165) is 51.0 Å². The van der Waals surface area contributed by atoms with Crippen LogP contribution >= 0.6 is 11.3 Å². The van der Waals surface area contributed by atoms with Crippen LogP contribution in [0.25, 0.3) is 20.4 Å². The lowest BCUT2D eigenvalue weighted by Crippen LogP contribution is -2.20. The highest BCUT2D eigenvalue weighted by molar-refractivity contribution is 7.26. The first-order chi connectivity index (χ1) is 10.1. The summed E-state index contributed by atoms with van der Waals surface area (Å²) in [5.74, 6) is 1.79. The predicted octanol–water partition coefficient (Wildman–Crippen LogP) is 3.10. The fourth-order valence-electron chi connectivity index (χ4n) is 3.02. The van der Waals surface area contributed by atoms with Crippen molar-refractivity contribution in [3.05, 3.63) is 17.6 Å². The quantitative estimate of drug-likeness (QED) is 0.691. The summed E-state index contributed by atoms with van der Waals surface area (Å²) in [5, 5.41) is 9.72. The Kier molecular flexibility index (Phi) is 2.82. The summed E-state index contributed by atoms with van der Waals surface area (Å²) < 4.78 is 1.14. The lowest BCUT2D eigenvalue weighted by Gasteiger charge is -2.16. The standard InChI is InChI=1S/C15H17N5S/c1-8-4-5-20(6-8)14-13-12(16-7-17-14)11-9(2)10(3)18-19-15(11)21-13/h7-8H,4-6H2,1-3H3/t8-/m0/s1. The van der Waals surface area contributed by atoms with Gasteiger partial charge in [0.15, 0.2) is 0 Å². The number of rotatable bonds is 1. The number of anilines is 1. The third-order valence-electron chi connectivity index (χ3n) is 4.37. The van der Waals surface area contributed by atoms with E-state index in [-0.39, 0.29) is 0 Å². The Hall–Kier alpha value is -1.82. The van der Waals surface area contributed by atoms with E-state index in [9.17, 15) is 0 Å². The maximum atomic E-state index is 4.55. The molecule has 1 atom stereocenters. The van der Waals surface area contributed by atoms with Crippen molar-refractivity contribution in [3.63, 3.8) is 0 Å². The van der Waals surface area contributed by atoms with Crippen molar-refractivity contribution >= 4 is 37.6 Å². The van der Waals surface area contributed by atoms with E-state index in [0.29, 0.717) is 0 Å². The molecule has 0 radical (unpaired) electrons. The summed E-state index contributed by atoms with van der Waals surface area (Å²) in [6, 6.07) is 0. The van der Waals surface area contributed by atoms with Gasteiger partial charge in [-0.05, 0) is 31.7 Å². The molecular weight excluding hydrogens is 282 g/mol. The summed E-state index contributed by atoms with van der Waals surface area (Å²) in [4.78, 5) is 12.4. The molecule has 1 fully saturated rings. The van der Waals surface area contributed by atoms with Gasteiger partial charge in [0.1, 0.15) is 17.0 Å². The summed E-state index contributed by atoms with van der Waals surface area (Å²) in [7, 11) is 0. The molecule has 5 nitrogen and oxygen atoms in total. The minimum Gasteiger partial charge on any atom is -0.355 e. The Labute approximate surface area is 127 Å². The zero-order chi connectivity index (χ0) is 14.6. The van der Waals surface area contributed by atoms with E-state index >= 15 is 0 Å². The molecule has 4 heterocycles. The highest BCUT2D eigenvalue weighted by atomic mass is 32.1. The molecule has 6 heteroatoms. The van der Waals surface area contributed by atoms with Gasteiger partial charge < -0.3 is 4.90 Å². The van der Waals surface area contributed by atoms with Gasteiger partial charge in [-0.1, -0.05) is 6.92 Å². The monoisotopic (exact) mass is 299 g/mol. The van der Waals surface area contributed by atoms with Crippen molar-refractivity contribution in [2.24, 2.45) is 5.92 Å². The van der Waals surface area contributed by atoms with Gasteiger partial charge in [-0.25, -0.2) is 9.97 Å². The lowest BCUT2D eigenvalue weighted by atomic mass is 10.1. The van der Waals surface area contributed by atoms with E-state index in [2.05, 4.69) is 38.9 Å². The fourth-order valence-corrected chi connectivity index (χ4v) is 4.17. The van der Waals surface area contributed by atoms with E-state index in [1.807, 2.05) is 6.92 Å². The average Bonchev–Trinajstić information content (AvgIpc) is 3.06. The molecule has 0 aliphatic carbocycles. The lowest BCUT2D eigenvalue weighted by molar-refractivity contribution is 0.659. The number of aromatic nitrogens is 4. The van der Waals surface area contributed by atoms with Crippen LogP contribution in [0, 0.1) is 19.8 Å². The number of hydrogen-bond donors (Lipinski definition) is 0. The molecule has 0 saturated carbocycles. The second-order valence-corrected chi connectivity index (χ2v) is 6.91. The highest BCUT2D eigenvalue weighted by Crippen LogP contribution is 2.38. The molecule has 0 unspecified atom stereocenters. The predicted molar refractivity (Wildman–Crippen MR) is 86.0 cm³/mol. The van der Waals surface area contributed by atoms with E-state index < -0.39 is 0 Å². The second kappa shape index (κ2) is 4.59. The molecule has 0 spiro atoms. The van der Waals surface area contributed by atoms with Crippen LogP contribution in [0.5, 0.6) is 0 Å². The Morgan fingerprint density at radius 2 is 2.10 bits per heavy atom. The molecule has 0 amide bonds. The smallest absolute Gasteiger partial charge is 0.150 e. The molecule has 4 rings (SSSR count).